The summed E-state index contributed by atoms with van der Waals surface area (Å²) in [6.45, 7) is 6.34. The number of rotatable bonds is 1. The van der Waals surface area contributed by atoms with Crippen LogP contribution in [0.25, 0.3) is 5.57 Å². The van der Waals surface area contributed by atoms with Crippen LogP contribution in [0.4, 0.5) is 10.5 Å². The van der Waals surface area contributed by atoms with E-state index in [1.807, 2.05) is 35.2 Å². The third-order valence-corrected chi connectivity index (χ3v) is 7.07. The van der Waals surface area contributed by atoms with Crippen molar-refractivity contribution in [1.29, 1.82) is 0 Å². The van der Waals surface area contributed by atoms with E-state index < -0.39 is 16.7 Å². The first kappa shape index (κ1) is 18.2. The molecular formula is C23H20N2O3S. The van der Waals surface area contributed by atoms with E-state index in [4.69, 9.17) is 0 Å². The number of hydrogen-bond acceptors (Lipinski definition) is 4. The van der Waals surface area contributed by atoms with Crippen molar-refractivity contribution in [2.45, 2.75) is 38.1 Å². The van der Waals surface area contributed by atoms with E-state index in [0.717, 1.165) is 35.0 Å². The first-order valence-corrected chi connectivity index (χ1v) is 10.4. The van der Waals surface area contributed by atoms with Gasteiger partial charge in [-0.25, -0.2) is 0 Å². The molecule has 3 heterocycles. The van der Waals surface area contributed by atoms with Crippen LogP contribution in [-0.2, 0) is 15.0 Å². The van der Waals surface area contributed by atoms with E-state index in [-0.39, 0.29) is 16.2 Å². The molecule has 3 aliphatic rings. The summed E-state index contributed by atoms with van der Waals surface area (Å²) in [5.74, 6) is -0.704. The lowest BCUT2D eigenvalue weighted by Crippen LogP contribution is -2.54. The molecule has 0 bridgehead atoms. The first-order chi connectivity index (χ1) is 13.7. The Bertz CT molecular complexity index is 1140. The maximum atomic E-state index is 13.5. The van der Waals surface area contributed by atoms with Crippen LogP contribution in [0.15, 0.2) is 53.4 Å². The molecule has 0 radical (unpaired) electrons. The van der Waals surface area contributed by atoms with E-state index in [1.165, 1.54) is 5.56 Å². The lowest BCUT2D eigenvalue weighted by atomic mass is 9.65. The quantitative estimate of drug-likeness (QED) is 0.723. The van der Waals surface area contributed by atoms with E-state index in [1.54, 1.807) is 0 Å². The maximum Gasteiger partial charge on any atom is 0.290 e. The number of anilines is 1. The average Bonchev–Trinajstić information content (AvgIpc) is 3.16. The van der Waals surface area contributed by atoms with Crippen molar-refractivity contribution < 1.29 is 14.4 Å². The van der Waals surface area contributed by atoms with E-state index >= 15 is 0 Å². The number of carbonyl (C=O) groups is 3. The number of benzene rings is 2. The summed E-state index contributed by atoms with van der Waals surface area (Å²) in [4.78, 5) is 39.7. The van der Waals surface area contributed by atoms with Crippen molar-refractivity contribution in [3.63, 3.8) is 0 Å². The van der Waals surface area contributed by atoms with Crippen molar-refractivity contribution in [3.8, 4) is 0 Å². The molecule has 5 nitrogen and oxygen atoms in total. The van der Waals surface area contributed by atoms with Gasteiger partial charge in [-0.15, -0.1) is 0 Å². The molecule has 3 amide bonds. The molecule has 0 aromatic heterocycles. The summed E-state index contributed by atoms with van der Waals surface area (Å²) in [5.41, 5.74) is 3.44. The number of carbonyl (C=O) groups excluding carboxylic acids is 3. The van der Waals surface area contributed by atoms with Crippen molar-refractivity contribution in [2.75, 3.05) is 4.90 Å². The van der Waals surface area contributed by atoms with Gasteiger partial charge in [-0.05, 0) is 43.2 Å². The number of nitrogens with zero attached hydrogens (tertiary/aromatic N) is 1. The van der Waals surface area contributed by atoms with Crippen molar-refractivity contribution in [1.82, 2.24) is 5.32 Å². The topological polar surface area (TPSA) is 66.5 Å². The second-order valence-corrected chi connectivity index (χ2v) is 9.56. The van der Waals surface area contributed by atoms with Gasteiger partial charge in [-0.3, -0.25) is 19.7 Å². The first-order valence-electron chi connectivity index (χ1n) is 9.55. The monoisotopic (exact) mass is 404 g/mol. The molecule has 0 saturated carbocycles. The summed E-state index contributed by atoms with van der Waals surface area (Å²) in [7, 11) is 0. The molecule has 0 spiro atoms. The standard InChI is InChI=1S/C23H20N2O3S/c1-22(2)12-23(3,13-8-5-4-6-9-13)15-11-7-10-14-16(20(27)25(22)17(14)15)18-19(26)24-21(28)29-18/h4-11H,12H2,1-3H3,(H,24,26,28)/b18-16-. The molecule has 2 aromatic carbocycles. The average molecular weight is 404 g/mol. The highest BCUT2D eigenvalue weighted by Gasteiger charge is 2.53. The smallest absolute Gasteiger partial charge is 0.290 e. The highest BCUT2D eigenvalue weighted by Crippen LogP contribution is 2.57. The summed E-state index contributed by atoms with van der Waals surface area (Å²) in [5, 5.41) is 1.84. The summed E-state index contributed by atoms with van der Waals surface area (Å²) < 4.78 is 0. The number of nitrogens with one attached hydrogen (secondary N) is 1. The summed E-state index contributed by atoms with van der Waals surface area (Å²) in [6, 6.07) is 16.2. The Labute approximate surface area is 173 Å². The number of thioether (sulfide) groups is 1. The Kier molecular flexibility index (Phi) is 3.65. The summed E-state index contributed by atoms with van der Waals surface area (Å²) >= 11 is 0.806. The number of amides is 3. The highest BCUT2D eigenvalue weighted by atomic mass is 32.2. The Morgan fingerprint density at radius 1 is 0.966 bits per heavy atom. The minimum Gasteiger partial charge on any atom is -0.302 e. The Hall–Kier alpha value is -2.86. The van der Waals surface area contributed by atoms with Crippen LogP contribution in [-0.4, -0.2) is 22.6 Å². The second-order valence-electron chi connectivity index (χ2n) is 8.58. The molecule has 1 unspecified atom stereocenters. The zero-order chi connectivity index (χ0) is 20.6. The van der Waals surface area contributed by atoms with Crippen molar-refractivity contribution in [2.24, 2.45) is 0 Å². The van der Waals surface area contributed by atoms with Gasteiger partial charge in [-0.2, -0.15) is 0 Å². The largest absolute Gasteiger partial charge is 0.302 e. The van der Waals surface area contributed by atoms with Gasteiger partial charge in [0.1, 0.15) is 0 Å². The molecule has 2 aromatic rings. The fourth-order valence-corrected chi connectivity index (χ4v) is 5.91. The second kappa shape index (κ2) is 5.83. The van der Waals surface area contributed by atoms with Crippen LogP contribution in [0.1, 0.15) is 43.9 Å². The molecule has 0 aliphatic carbocycles. The highest BCUT2D eigenvalue weighted by molar-refractivity contribution is 8.18. The third-order valence-electron chi connectivity index (χ3n) is 6.19. The summed E-state index contributed by atoms with van der Waals surface area (Å²) in [6.07, 6.45) is 0.743. The molecule has 29 heavy (non-hydrogen) atoms. The van der Waals surface area contributed by atoms with E-state index in [2.05, 4.69) is 44.3 Å². The predicted octanol–water partition coefficient (Wildman–Crippen LogP) is 4.22. The third kappa shape index (κ3) is 2.38. The Balaban J connectivity index is 1.82. The number of hydrogen-bond donors (Lipinski definition) is 1. The minimum absolute atomic E-state index is 0.194. The predicted molar refractivity (Wildman–Crippen MR) is 114 cm³/mol. The van der Waals surface area contributed by atoms with Gasteiger partial charge in [0.2, 0.25) is 0 Å². The minimum atomic E-state index is -0.496. The fourth-order valence-electron chi connectivity index (χ4n) is 5.14. The maximum absolute atomic E-state index is 13.5. The van der Waals surface area contributed by atoms with Crippen LogP contribution < -0.4 is 10.2 Å². The van der Waals surface area contributed by atoms with E-state index in [0.29, 0.717) is 5.57 Å². The molecule has 5 rings (SSSR count). The zero-order valence-electron chi connectivity index (χ0n) is 16.4. The van der Waals surface area contributed by atoms with Crippen LogP contribution in [0.5, 0.6) is 0 Å². The molecule has 1 atom stereocenters. The van der Waals surface area contributed by atoms with Gasteiger partial charge in [0.25, 0.3) is 17.1 Å². The van der Waals surface area contributed by atoms with Crippen LogP contribution in [0.3, 0.4) is 0 Å². The lowest BCUT2D eigenvalue weighted by Gasteiger charge is -2.49. The Morgan fingerprint density at radius 3 is 2.34 bits per heavy atom. The van der Waals surface area contributed by atoms with Crippen LogP contribution in [0, 0.1) is 0 Å². The molecular weight excluding hydrogens is 384 g/mol. The lowest BCUT2D eigenvalue weighted by molar-refractivity contribution is -0.116. The number of imide groups is 1. The molecule has 1 N–H and O–H groups in total. The molecule has 146 valence electrons. The fraction of sp³-hybridized carbons (Fsp3) is 0.261. The van der Waals surface area contributed by atoms with Gasteiger partial charge in [0.05, 0.1) is 16.2 Å². The molecule has 6 heteroatoms. The Morgan fingerprint density at radius 2 is 1.69 bits per heavy atom. The van der Waals surface area contributed by atoms with Gasteiger partial charge in [0.15, 0.2) is 0 Å². The van der Waals surface area contributed by atoms with Gasteiger partial charge in [0, 0.05) is 16.5 Å². The molecule has 1 fully saturated rings. The van der Waals surface area contributed by atoms with Gasteiger partial charge >= 0.3 is 0 Å². The van der Waals surface area contributed by atoms with Gasteiger partial charge < -0.3 is 4.90 Å². The zero-order valence-corrected chi connectivity index (χ0v) is 17.2. The molecule has 3 aliphatic heterocycles. The normalized spacial score (nSPS) is 27.3. The SMILES string of the molecule is CC1(c2ccccc2)CC(C)(C)N2C(=O)/C(=C3\SC(=O)NC3=O)c3cccc1c32. The molecule has 1 saturated heterocycles. The van der Waals surface area contributed by atoms with Crippen LogP contribution >= 0.6 is 11.8 Å². The van der Waals surface area contributed by atoms with Gasteiger partial charge in [-0.1, -0.05) is 55.5 Å². The number of para-hydroxylation sites is 1. The van der Waals surface area contributed by atoms with Crippen LogP contribution in [0.2, 0.25) is 0 Å². The van der Waals surface area contributed by atoms with E-state index in [9.17, 15) is 14.4 Å². The van der Waals surface area contributed by atoms with Crippen molar-refractivity contribution in [3.05, 3.63) is 70.1 Å². The van der Waals surface area contributed by atoms with Crippen molar-refractivity contribution >= 4 is 40.1 Å².